The van der Waals surface area contributed by atoms with Gasteiger partial charge in [-0.25, -0.2) is 14.8 Å². The van der Waals surface area contributed by atoms with E-state index in [0.29, 0.717) is 30.6 Å². The van der Waals surface area contributed by atoms with Crippen molar-refractivity contribution < 1.29 is 46.6 Å². The van der Waals surface area contributed by atoms with Crippen LogP contribution in [0.4, 0.5) is 13.2 Å². The fourth-order valence-electron chi connectivity index (χ4n) is 6.02. The highest BCUT2D eigenvalue weighted by Gasteiger charge is 2.38. The van der Waals surface area contributed by atoms with E-state index in [9.17, 15) is 32.3 Å². The van der Waals surface area contributed by atoms with Gasteiger partial charge in [-0.2, -0.15) is 13.2 Å². The summed E-state index contributed by atoms with van der Waals surface area (Å²) in [6.07, 6.45) is 6.34. The van der Waals surface area contributed by atoms with E-state index in [2.05, 4.69) is 21.6 Å². The summed E-state index contributed by atoms with van der Waals surface area (Å²) in [7, 11) is 0. The number of halogens is 3. The summed E-state index contributed by atoms with van der Waals surface area (Å²) in [6, 6.07) is 6.63. The van der Waals surface area contributed by atoms with Gasteiger partial charge in [-0.1, -0.05) is 13.8 Å². The second-order valence-corrected chi connectivity index (χ2v) is 13.4. The molecule has 2 saturated carbocycles. The van der Waals surface area contributed by atoms with Crippen molar-refractivity contribution in [3.05, 3.63) is 47.8 Å². The standard InChI is InChI=1S/C18H21F3N2O4.C16H21N3O3/c1-11-2-5-14(12-6-7-22-15(8-12)27-13-3-4-13)23(9-11)16(24)17(25)26-10-18(19,20)21;1-10-2-5-13(19(9-10)16(21)15(17)20)11-6-7-18-14(8-11)22-12-3-4-12/h6-8,11,13-14H,2-5,9-10H2,1H3;6-8,10,12-13H,2-5,9H2,1H3,(H2,17,20)/t11-,14+;10-,13+/m00/s1. The number of ether oxygens (including phenoxy) is 3. The first-order chi connectivity index (χ1) is 23.3. The van der Waals surface area contributed by atoms with Gasteiger partial charge in [0.2, 0.25) is 11.8 Å². The molecule has 6 rings (SSSR count). The largest absolute Gasteiger partial charge is 0.474 e. The molecule has 2 aliphatic heterocycles. The van der Waals surface area contributed by atoms with Crippen LogP contribution in [0.3, 0.4) is 0 Å². The van der Waals surface area contributed by atoms with E-state index < -0.39 is 42.5 Å². The summed E-state index contributed by atoms with van der Waals surface area (Å²) in [5.41, 5.74) is 6.88. The molecule has 4 atom stereocenters. The zero-order chi connectivity index (χ0) is 35.3. The van der Waals surface area contributed by atoms with Crippen LogP contribution in [0.2, 0.25) is 0 Å². The summed E-state index contributed by atoms with van der Waals surface area (Å²) in [6.45, 7) is 3.04. The molecule has 3 amide bonds. The van der Waals surface area contributed by atoms with Crippen molar-refractivity contribution in [2.45, 2.75) is 95.7 Å². The number of esters is 1. The van der Waals surface area contributed by atoms with Gasteiger partial charge in [0.05, 0.1) is 12.1 Å². The van der Waals surface area contributed by atoms with Gasteiger partial charge in [0.25, 0.3) is 0 Å². The van der Waals surface area contributed by atoms with Gasteiger partial charge < -0.3 is 29.7 Å². The Hall–Kier alpha value is -4.43. The average molecular weight is 690 g/mol. The lowest BCUT2D eigenvalue weighted by molar-refractivity contribution is -0.190. The summed E-state index contributed by atoms with van der Waals surface area (Å²) >= 11 is 0. The molecular formula is C34H42F3N5O7. The smallest absolute Gasteiger partial charge is 0.422 e. The van der Waals surface area contributed by atoms with Crippen molar-refractivity contribution in [3.8, 4) is 11.8 Å². The van der Waals surface area contributed by atoms with Crippen molar-refractivity contribution in [2.75, 3.05) is 19.7 Å². The van der Waals surface area contributed by atoms with E-state index in [0.717, 1.165) is 56.1 Å². The van der Waals surface area contributed by atoms with Crippen LogP contribution < -0.4 is 15.2 Å². The van der Waals surface area contributed by atoms with Crippen LogP contribution in [0.25, 0.3) is 0 Å². The van der Waals surface area contributed by atoms with Crippen LogP contribution in [0.1, 0.15) is 88.4 Å². The third kappa shape index (κ3) is 10.3. The van der Waals surface area contributed by atoms with Crippen LogP contribution in [-0.4, -0.2) is 81.5 Å². The van der Waals surface area contributed by atoms with E-state index in [4.69, 9.17) is 15.2 Å². The number of primary amides is 1. The molecule has 2 aromatic heterocycles. The molecule has 4 fully saturated rings. The van der Waals surface area contributed by atoms with E-state index in [1.165, 1.54) is 4.90 Å². The summed E-state index contributed by atoms with van der Waals surface area (Å²) in [4.78, 5) is 58.9. The number of carbonyl (C=O) groups is 4. The Labute approximate surface area is 282 Å². The monoisotopic (exact) mass is 689 g/mol. The highest BCUT2D eigenvalue weighted by molar-refractivity contribution is 6.34. The van der Waals surface area contributed by atoms with E-state index in [1.54, 1.807) is 29.4 Å². The van der Waals surface area contributed by atoms with Gasteiger partial charge in [-0.15, -0.1) is 0 Å². The van der Waals surface area contributed by atoms with Gasteiger partial charge in [0, 0.05) is 37.6 Å². The molecule has 4 aliphatic rings. The first-order valence-electron chi connectivity index (χ1n) is 16.7. The van der Waals surface area contributed by atoms with Crippen LogP contribution in [0, 0.1) is 11.8 Å². The minimum absolute atomic E-state index is 0.129. The molecule has 0 bridgehead atoms. The molecule has 2 N–H and O–H groups in total. The molecule has 2 aromatic rings. The third-order valence-electron chi connectivity index (χ3n) is 8.82. The number of nitrogens with zero attached hydrogens (tertiary/aromatic N) is 4. The Morgan fingerprint density at radius 1 is 0.755 bits per heavy atom. The van der Waals surface area contributed by atoms with Crippen molar-refractivity contribution in [2.24, 2.45) is 17.6 Å². The molecule has 12 nitrogen and oxygen atoms in total. The summed E-state index contributed by atoms with van der Waals surface area (Å²) in [5.74, 6) is -2.54. The third-order valence-corrected chi connectivity index (χ3v) is 8.82. The zero-order valence-corrected chi connectivity index (χ0v) is 27.6. The summed E-state index contributed by atoms with van der Waals surface area (Å²) < 4.78 is 52.3. The first-order valence-corrected chi connectivity index (χ1v) is 16.7. The Morgan fingerprint density at radius 2 is 1.20 bits per heavy atom. The molecule has 4 heterocycles. The number of piperidine rings is 2. The van der Waals surface area contributed by atoms with E-state index in [1.807, 2.05) is 19.1 Å². The quantitative estimate of drug-likeness (QED) is 0.328. The maximum absolute atomic E-state index is 12.5. The first kappa shape index (κ1) is 35.9. The minimum atomic E-state index is -4.68. The van der Waals surface area contributed by atoms with Gasteiger partial charge in [-0.3, -0.25) is 14.4 Å². The number of likely N-dealkylation sites (tertiary alicyclic amines) is 2. The van der Waals surface area contributed by atoms with Crippen molar-refractivity contribution in [1.29, 1.82) is 0 Å². The maximum atomic E-state index is 12.5. The fraction of sp³-hybridized carbons (Fsp3) is 0.588. The van der Waals surface area contributed by atoms with E-state index >= 15 is 0 Å². The lowest BCUT2D eigenvalue weighted by Crippen LogP contribution is -2.46. The molecule has 0 unspecified atom stereocenters. The van der Waals surface area contributed by atoms with Gasteiger partial charge in [-0.05, 0) is 86.5 Å². The molecule has 2 saturated heterocycles. The fourth-order valence-corrected chi connectivity index (χ4v) is 6.02. The Bertz CT molecular complexity index is 1520. The normalized spacial score (nSPS) is 23.9. The van der Waals surface area contributed by atoms with Gasteiger partial charge >= 0.3 is 29.9 Å². The molecule has 0 spiro atoms. The number of aromatic nitrogens is 2. The predicted octanol–water partition coefficient (Wildman–Crippen LogP) is 4.44. The number of amides is 3. The lowest BCUT2D eigenvalue weighted by atomic mass is 9.90. The molecule has 0 aromatic carbocycles. The van der Waals surface area contributed by atoms with Crippen LogP contribution in [-0.2, 0) is 23.9 Å². The van der Waals surface area contributed by atoms with Gasteiger partial charge in [0.1, 0.15) is 12.2 Å². The molecule has 2 aliphatic carbocycles. The highest BCUT2D eigenvalue weighted by atomic mass is 19.4. The molecule has 49 heavy (non-hydrogen) atoms. The van der Waals surface area contributed by atoms with Crippen molar-refractivity contribution in [3.63, 3.8) is 0 Å². The van der Waals surface area contributed by atoms with Crippen LogP contribution in [0.5, 0.6) is 11.8 Å². The highest BCUT2D eigenvalue weighted by Crippen LogP contribution is 2.37. The number of hydrogen-bond acceptors (Lipinski definition) is 9. The summed E-state index contributed by atoms with van der Waals surface area (Å²) in [5, 5.41) is 0. The number of alkyl halides is 3. The van der Waals surface area contributed by atoms with Crippen molar-refractivity contribution in [1.82, 2.24) is 19.8 Å². The Kier molecular flexibility index (Phi) is 11.3. The Morgan fingerprint density at radius 3 is 1.61 bits per heavy atom. The molecule has 0 radical (unpaired) electrons. The van der Waals surface area contributed by atoms with Crippen molar-refractivity contribution >= 4 is 23.7 Å². The number of hydrogen-bond donors (Lipinski definition) is 1. The zero-order valence-electron chi connectivity index (χ0n) is 27.6. The Balaban J connectivity index is 0.000000195. The molecule has 15 heteroatoms. The number of rotatable bonds is 7. The second-order valence-electron chi connectivity index (χ2n) is 13.4. The van der Waals surface area contributed by atoms with Gasteiger partial charge in [0.15, 0.2) is 6.61 Å². The lowest BCUT2D eigenvalue weighted by Gasteiger charge is -2.38. The average Bonchev–Trinajstić information content (AvgIpc) is 4.01. The van der Waals surface area contributed by atoms with E-state index in [-0.39, 0.29) is 30.7 Å². The predicted molar refractivity (Wildman–Crippen MR) is 168 cm³/mol. The van der Waals surface area contributed by atoms with Crippen LogP contribution in [0.15, 0.2) is 36.7 Å². The number of nitrogens with two attached hydrogens (primary N) is 1. The number of pyridine rings is 2. The topological polar surface area (TPSA) is 154 Å². The molecular weight excluding hydrogens is 647 g/mol. The van der Waals surface area contributed by atoms with Crippen LogP contribution >= 0.6 is 0 Å². The SMILES string of the molecule is C[C@H]1CC[C@H](c2ccnc(OC3CC3)c2)N(C(=O)C(=O)OCC(F)(F)F)C1.C[C@H]1CC[C@H](c2ccnc(OC3CC3)c2)N(C(=O)C(N)=O)C1. The minimum Gasteiger partial charge on any atom is -0.474 e. The maximum Gasteiger partial charge on any atom is 0.422 e. The number of carbonyl (C=O) groups excluding carboxylic acids is 4. The second kappa shape index (κ2) is 15.4. The molecule has 266 valence electrons.